The summed E-state index contributed by atoms with van der Waals surface area (Å²) < 4.78 is 21.5. The van der Waals surface area contributed by atoms with E-state index in [0.29, 0.717) is 5.56 Å². The predicted molar refractivity (Wildman–Crippen MR) is 182 cm³/mol. The molecule has 0 spiro atoms. The normalized spacial score (nSPS) is 12.2. The molecular formula is C38H40N2O9. The molecule has 256 valence electrons. The summed E-state index contributed by atoms with van der Waals surface area (Å²) in [5, 5.41) is 4.30. The second-order valence-electron chi connectivity index (χ2n) is 12.3. The smallest absolute Gasteiger partial charge is 0.410 e. The highest BCUT2D eigenvalue weighted by Gasteiger charge is 2.33. The third-order valence-corrected chi connectivity index (χ3v) is 7.28. The minimum atomic E-state index is -1.53. The number of Topliss-reactive ketones (excluding diaryl/α,β-unsaturated/α-hetero) is 1. The van der Waals surface area contributed by atoms with Gasteiger partial charge in [0.05, 0.1) is 0 Å². The lowest BCUT2D eigenvalue weighted by Crippen LogP contribution is -2.49. The van der Waals surface area contributed by atoms with E-state index in [4.69, 9.17) is 18.9 Å². The van der Waals surface area contributed by atoms with Crippen molar-refractivity contribution in [2.45, 2.75) is 51.5 Å². The Morgan fingerprint density at radius 2 is 1.35 bits per heavy atom. The average Bonchev–Trinajstić information content (AvgIpc) is 3.09. The Morgan fingerprint density at radius 1 is 0.714 bits per heavy atom. The number of ketones is 1. The van der Waals surface area contributed by atoms with Crippen LogP contribution in [-0.2, 0) is 41.6 Å². The largest absolute Gasteiger partial charge is 0.461 e. The van der Waals surface area contributed by atoms with Crippen LogP contribution in [0.4, 0.5) is 9.59 Å². The van der Waals surface area contributed by atoms with Crippen molar-refractivity contribution >= 4 is 40.7 Å². The van der Waals surface area contributed by atoms with E-state index in [1.165, 1.54) is 7.05 Å². The van der Waals surface area contributed by atoms with Gasteiger partial charge < -0.3 is 24.3 Å². The van der Waals surface area contributed by atoms with Gasteiger partial charge in [-0.05, 0) is 42.7 Å². The molecule has 0 aliphatic rings. The number of carbonyl (C=O) groups is 5. The Labute approximate surface area is 285 Å². The van der Waals surface area contributed by atoms with Gasteiger partial charge in [0.25, 0.3) is 0 Å². The van der Waals surface area contributed by atoms with E-state index in [2.05, 4.69) is 5.32 Å². The van der Waals surface area contributed by atoms with Crippen LogP contribution >= 0.6 is 0 Å². The number of carbonyl (C=O) groups excluding carboxylic acids is 5. The molecule has 0 aliphatic heterocycles. The first-order valence-corrected chi connectivity index (χ1v) is 15.7. The van der Waals surface area contributed by atoms with Crippen LogP contribution < -0.4 is 5.32 Å². The number of amides is 2. The zero-order valence-corrected chi connectivity index (χ0v) is 27.9. The molecule has 4 aromatic carbocycles. The van der Waals surface area contributed by atoms with Crippen LogP contribution in [0, 0.1) is 0 Å². The number of nitrogens with one attached hydrogen (secondary N) is 1. The Kier molecular flexibility index (Phi) is 12.5. The Hall–Kier alpha value is -5.71. The second kappa shape index (κ2) is 16.9. The number of hydrogen-bond acceptors (Lipinski definition) is 9. The van der Waals surface area contributed by atoms with Crippen molar-refractivity contribution in [2.75, 3.05) is 20.3 Å². The number of alkyl carbamates (subject to hydrolysis) is 1. The van der Waals surface area contributed by atoms with E-state index in [-0.39, 0.29) is 13.0 Å². The molecule has 11 nitrogen and oxygen atoms in total. The topological polar surface area (TPSA) is 138 Å². The molecular weight excluding hydrogens is 628 g/mol. The van der Waals surface area contributed by atoms with Gasteiger partial charge in [-0.2, -0.15) is 0 Å². The fourth-order valence-corrected chi connectivity index (χ4v) is 4.74. The Morgan fingerprint density at radius 3 is 2.02 bits per heavy atom. The number of esters is 2. The van der Waals surface area contributed by atoms with Crippen molar-refractivity contribution in [2.24, 2.45) is 0 Å². The SMILES string of the molecule is CN(C(=O)OCc1ccccc1)[C@@H](Cc1ccc2ccccc2c1)C(=O)OC[C@H](NC(=O)OC(C)(C)C)C(=O)OCC(=O)c1ccccc1. The highest BCUT2D eigenvalue weighted by Crippen LogP contribution is 2.19. The molecule has 4 rings (SSSR count). The monoisotopic (exact) mass is 668 g/mol. The minimum Gasteiger partial charge on any atom is -0.461 e. The fourth-order valence-electron chi connectivity index (χ4n) is 4.74. The molecule has 4 aromatic rings. The van der Waals surface area contributed by atoms with Crippen molar-refractivity contribution in [3.8, 4) is 0 Å². The summed E-state index contributed by atoms with van der Waals surface area (Å²) in [4.78, 5) is 66.3. The number of fused-ring (bicyclic) bond motifs is 1. The van der Waals surface area contributed by atoms with Gasteiger partial charge >= 0.3 is 24.1 Å². The van der Waals surface area contributed by atoms with Gasteiger partial charge in [0.15, 0.2) is 18.4 Å². The fraction of sp³-hybridized carbons (Fsp3) is 0.289. The summed E-state index contributed by atoms with van der Waals surface area (Å²) in [6.07, 6.45) is -1.68. The second-order valence-corrected chi connectivity index (χ2v) is 12.3. The number of hydrogen-bond donors (Lipinski definition) is 1. The molecule has 0 heterocycles. The summed E-state index contributed by atoms with van der Waals surface area (Å²) in [6, 6.07) is 28.0. The van der Waals surface area contributed by atoms with E-state index in [1.54, 1.807) is 63.2 Å². The van der Waals surface area contributed by atoms with Crippen LogP contribution in [0.2, 0.25) is 0 Å². The van der Waals surface area contributed by atoms with Gasteiger partial charge in [-0.3, -0.25) is 9.69 Å². The molecule has 0 saturated carbocycles. The molecule has 2 amide bonds. The molecule has 0 saturated heterocycles. The van der Waals surface area contributed by atoms with Crippen LogP contribution in [0.25, 0.3) is 10.8 Å². The summed E-state index contributed by atoms with van der Waals surface area (Å²) in [5.41, 5.74) is 0.938. The van der Waals surface area contributed by atoms with Crippen molar-refractivity contribution < 1.29 is 42.9 Å². The summed E-state index contributed by atoms with van der Waals surface area (Å²) in [6.45, 7) is 3.63. The van der Waals surface area contributed by atoms with E-state index in [0.717, 1.165) is 26.8 Å². The maximum atomic E-state index is 13.7. The van der Waals surface area contributed by atoms with E-state index >= 15 is 0 Å². The first kappa shape index (κ1) is 36.1. The van der Waals surface area contributed by atoms with E-state index < -0.39 is 60.8 Å². The molecule has 0 aliphatic carbocycles. The molecule has 0 radical (unpaired) electrons. The lowest BCUT2D eigenvalue weighted by Gasteiger charge is -2.27. The van der Waals surface area contributed by atoms with Gasteiger partial charge in [0, 0.05) is 19.0 Å². The van der Waals surface area contributed by atoms with Gasteiger partial charge in [-0.15, -0.1) is 0 Å². The average molecular weight is 669 g/mol. The number of rotatable bonds is 13. The third kappa shape index (κ3) is 11.2. The van der Waals surface area contributed by atoms with Crippen LogP contribution in [0.15, 0.2) is 103 Å². The highest BCUT2D eigenvalue weighted by molar-refractivity contribution is 5.98. The number of benzene rings is 4. The third-order valence-electron chi connectivity index (χ3n) is 7.28. The minimum absolute atomic E-state index is 0.0167. The number of nitrogens with zero attached hydrogens (tertiary/aromatic N) is 1. The Bertz CT molecular complexity index is 1750. The number of ether oxygens (including phenoxy) is 4. The molecule has 0 bridgehead atoms. The standard InChI is InChI=1S/C38H40N2O9/c1-38(2,3)49-36(44)39-31(34(42)47-25-33(41)29-16-9-6-10-17-29)24-46-35(43)32(22-27-19-20-28-15-11-12-18-30(28)21-27)40(4)37(45)48-23-26-13-7-5-8-14-26/h5-21,31-32H,22-25H2,1-4H3,(H,39,44)/t31-,32-/m0/s1. The van der Waals surface area contributed by atoms with Gasteiger partial charge in [-0.1, -0.05) is 103 Å². The molecule has 0 unspecified atom stereocenters. The summed E-state index contributed by atoms with van der Waals surface area (Å²) in [5.74, 6) is -2.35. The van der Waals surface area contributed by atoms with Crippen molar-refractivity contribution in [1.29, 1.82) is 0 Å². The molecule has 49 heavy (non-hydrogen) atoms. The maximum absolute atomic E-state index is 13.7. The molecule has 1 N–H and O–H groups in total. The van der Waals surface area contributed by atoms with Crippen LogP contribution in [0.5, 0.6) is 0 Å². The van der Waals surface area contributed by atoms with Gasteiger partial charge in [0.2, 0.25) is 0 Å². The quantitative estimate of drug-likeness (QED) is 0.105. The summed E-state index contributed by atoms with van der Waals surface area (Å²) >= 11 is 0. The zero-order chi connectivity index (χ0) is 35.4. The first-order chi connectivity index (χ1) is 23.4. The summed E-state index contributed by atoms with van der Waals surface area (Å²) in [7, 11) is 1.42. The van der Waals surface area contributed by atoms with Crippen LogP contribution in [0.3, 0.4) is 0 Å². The van der Waals surface area contributed by atoms with Crippen LogP contribution in [0.1, 0.15) is 42.3 Å². The van der Waals surface area contributed by atoms with Crippen molar-refractivity contribution in [3.63, 3.8) is 0 Å². The first-order valence-electron chi connectivity index (χ1n) is 15.7. The van der Waals surface area contributed by atoms with Gasteiger partial charge in [0.1, 0.15) is 24.9 Å². The lowest BCUT2D eigenvalue weighted by atomic mass is 10.0. The Balaban J connectivity index is 1.50. The van der Waals surface area contributed by atoms with E-state index in [1.807, 2.05) is 60.7 Å². The molecule has 0 aromatic heterocycles. The lowest BCUT2D eigenvalue weighted by molar-refractivity contribution is -0.154. The van der Waals surface area contributed by atoms with Crippen molar-refractivity contribution in [3.05, 3.63) is 120 Å². The highest BCUT2D eigenvalue weighted by atomic mass is 16.6. The van der Waals surface area contributed by atoms with E-state index in [9.17, 15) is 24.0 Å². The van der Waals surface area contributed by atoms with Crippen LogP contribution in [-0.4, -0.2) is 72.8 Å². The predicted octanol–water partition coefficient (Wildman–Crippen LogP) is 5.88. The zero-order valence-electron chi connectivity index (χ0n) is 27.9. The molecule has 2 atom stereocenters. The number of likely N-dealkylation sites (N-methyl/N-ethyl adjacent to an activating group) is 1. The van der Waals surface area contributed by atoms with Crippen molar-refractivity contribution in [1.82, 2.24) is 10.2 Å². The molecule has 11 heteroatoms. The van der Waals surface area contributed by atoms with Gasteiger partial charge in [-0.25, -0.2) is 19.2 Å². The maximum Gasteiger partial charge on any atom is 0.410 e. The molecule has 0 fully saturated rings.